The van der Waals surface area contributed by atoms with Gasteiger partial charge < -0.3 is 19.9 Å². The van der Waals surface area contributed by atoms with Crippen molar-refractivity contribution in [1.29, 1.82) is 0 Å². The number of carbonyl (C=O) groups is 1. The van der Waals surface area contributed by atoms with Gasteiger partial charge in [-0.3, -0.25) is 4.57 Å². The van der Waals surface area contributed by atoms with Gasteiger partial charge in [0.2, 0.25) is 0 Å². The molecule has 2 aliphatic rings. The molecule has 1 atom stereocenters. The summed E-state index contributed by atoms with van der Waals surface area (Å²) in [5.41, 5.74) is 1.74. The third kappa shape index (κ3) is 3.28. The number of para-hydroxylation sites is 2. The lowest BCUT2D eigenvalue weighted by Crippen LogP contribution is -2.46. The van der Waals surface area contributed by atoms with Crippen LogP contribution in [0.4, 0.5) is 4.79 Å². The number of carbonyl (C=O) groups excluding carboxylic acids is 1. The Morgan fingerprint density at radius 3 is 2.80 bits per heavy atom. The average Bonchev–Trinajstić information content (AvgIpc) is 3.26. The highest BCUT2D eigenvalue weighted by Crippen LogP contribution is 2.24. The standard InChI is InChI=1S/C18H24N4O3/c23-17(19-11-13-7-10-25-12-13)21-8-5-14(6-9-21)22-16-4-2-1-3-15(16)20-18(22)24/h1-4,13-14H,5-12H2,(H,19,23)(H,20,24). The summed E-state index contributed by atoms with van der Waals surface area (Å²) < 4.78 is 7.18. The number of likely N-dealkylation sites (tertiary alicyclic amines) is 1. The van der Waals surface area contributed by atoms with Crippen molar-refractivity contribution in [3.8, 4) is 0 Å². The first-order valence-electron chi connectivity index (χ1n) is 9.02. The molecular formula is C18H24N4O3. The Kier molecular flexibility index (Phi) is 4.48. The highest BCUT2D eigenvalue weighted by Gasteiger charge is 2.26. The number of benzene rings is 1. The molecule has 2 fully saturated rings. The number of rotatable bonds is 3. The molecule has 2 N–H and O–H groups in total. The van der Waals surface area contributed by atoms with Crippen LogP contribution in [0.15, 0.2) is 29.1 Å². The molecule has 2 saturated heterocycles. The topological polar surface area (TPSA) is 79.4 Å². The molecule has 0 spiro atoms. The summed E-state index contributed by atoms with van der Waals surface area (Å²) in [6, 6.07) is 7.89. The number of aromatic nitrogens is 2. The second-order valence-corrected chi connectivity index (χ2v) is 6.95. The molecule has 2 aromatic rings. The predicted octanol–water partition coefficient (Wildman–Crippen LogP) is 1.71. The van der Waals surface area contributed by atoms with E-state index in [0.29, 0.717) is 25.6 Å². The Hall–Kier alpha value is -2.28. The SMILES string of the molecule is O=C(NCC1CCOC1)N1CCC(n2c(=O)[nH]c3ccccc32)CC1. The number of hydrogen-bond donors (Lipinski definition) is 2. The van der Waals surface area contributed by atoms with Crippen LogP contribution in [0.5, 0.6) is 0 Å². The Balaban J connectivity index is 1.37. The minimum absolute atomic E-state index is 0.00313. The van der Waals surface area contributed by atoms with E-state index in [2.05, 4.69) is 10.3 Å². The van der Waals surface area contributed by atoms with Crippen molar-refractivity contribution in [2.75, 3.05) is 32.8 Å². The van der Waals surface area contributed by atoms with Crippen molar-refractivity contribution in [2.45, 2.75) is 25.3 Å². The minimum atomic E-state index is -0.0645. The van der Waals surface area contributed by atoms with Crippen LogP contribution in [0.2, 0.25) is 0 Å². The van der Waals surface area contributed by atoms with Gasteiger partial charge in [0, 0.05) is 38.2 Å². The van der Waals surface area contributed by atoms with E-state index in [1.165, 1.54) is 0 Å². The summed E-state index contributed by atoms with van der Waals surface area (Å²) in [7, 11) is 0. The lowest BCUT2D eigenvalue weighted by atomic mass is 10.0. The lowest BCUT2D eigenvalue weighted by molar-refractivity contribution is 0.166. The van der Waals surface area contributed by atoms with E-state index in [4.69, 9.17) is 4.74 Å². The van der Waals surface area contributed by atoms with Crippen molar-refractivity contribution >= 4 is 17.1 Å². The minimum Gasteiger partial charge on any atom is -0.381 e. The van der Waals surface area contributed by atoms with Gasteiger partial charge in [-0.2, -0.15) is 0 Å². The molecule has 7 heteroatoms. The number of nitrogens with zero attached hydrogens (tertiary/aromatic N) is 2. The van der Waals surface area contributed by atoms with Gasteiger partial charge in [0.15, 0.2) is 0 Å². The lowest BCUT2D eigenvalue weighted by Gasteiger charge is -2.32. The van der Waals surface area contributed by atoms with Crippen LogP contribution in [0, 0.1) is 5.92 Å². The summed E-state index contributed by atoms with van der Waals surface area (Å²) >= 11 is 0. The first-order valence-corrected chi connectivity index (χ1v) is 9.02. The van der Waals surface area contributed by atoms with E-state index < -0.39 is 0 Å². The maximum Gasteiger partial charge on any atom is 0.326 e. The molecule has 0 radical (unpaired) electrons. The quantitative estimate of drug-likeness (QED) is 0.890. The highest BCUT2D eigenvalue weighted by molar-refractivity contribution is 5.75. The van der Waals surface area contributed by atoms with Crippen molar-refractivity contribution in [1.82, 2.24) is 19.8 Å². The third-order valence-electron chi connectivity index (χ3n) is 5.31. The number of H-pyrrole nitrogens is 1. The number of aromatic amines is 1. The van der Waals surface area contributed by atoms with Crippen LogP contribution in [-0.2, 0) is 4.74 Å². The van der Waals surface area contributed by atoms with E-state index in [1.54, 1.807) is 0 Å². The summed E-state index contributed by atoms with van der Waals surface area (Å²) in [4.78, 5) is 29.4. The molecule has 1 unspecified atom stereocenters. The average molecular weight is 344 g/mol. The molecule has 2 aliphatic heterocycles. The molecule has 7 nitrogen and oxygen atoms in total. The van der Waals surface area contributed by atoms with Crippen molar-refractivity contribution in [2.24, 2.45) is 5.92 Å². The number of nitrogens with one attached hydrogen (secondary N) is 2. The normalized spacial score (nSPS) is 21.8. The number of imidazole rings is 1. The number of hydrogen-bond acceptors (Lipinski definition) is 3. The Morgan fingerprint density at radius 2 is 2.04 bits per heavy atom. The van der Waals surface area contributed by atoms with Gasteiger partial charge in [-0.25, -0.2) is 9.59 Å². The van der Waals surface area contributed by atoms with Gasteiger partial charge in [0.1, 0.15) is 0 Å². The maximum atomic E-state index is 12.3. The van der Waals surface area contributed by atoms with Crippen molar-refractivity contribution in [3.05, 3.63) is 34.7 Å². The molecule has 3 heterocycles. The van der Waals surface area contributed by atoms with Gasteiger partial charge in [0.05, 0.1) is 17.6 Å². The fourth-order valence-electron chi connectivity index (χ4n) is 3.85. The molecule has 0 saturated carbocycles. The van der Waals surface area contributed by atoms with Crippen molar-refractivity contribution in [3.63, 3.8) is 0 Å². The molecule has 0 bridgehead atoms. The number of ether oxygens (including phenoxy) is 1. The maximum absolute atomic E-state index is 12.3. The zero-order valence-corrected chi connectivity index (χ0v) is 14.2. The summed E-state index contributed by atoms with van der Waals surface area (Å²) in [6.07, 6.45) is 2.61. The van der Waals surface area contributed by atoms with Crippen LogP contribution in [0.3, 0.4) is 0 Å². The first-order chi connectivity index (χ1) is 12.2. The van der Waals surface area contributed by atoms with Crippen LogP contribution in [-0.4, -0.2) is 53.3 Å². The number of piperidine rings is 1. The second-order valence-electron chi connectivity index (χ2n) is 6.95. The zero-order chi connectivity index (χ0) is 17.2. The van der Waals surface area contributed by atoms with E-state index in [1.807, 2.05) is 33.7 Å². The summed E-state index contributed by atoms with van der Waals surface area (Å²) in [5.74, 6) is 0.436. The smallest absolute Gasteiger partial charge is 0.326 e. The first kappa shape index (κ1) is 16.2. The summed E-state index contributed by atoms with van der Waals surface area (Å²) in [6.45, 7) is 3.56. The van der Waals surface area contributed by atoms with E-state index >= 15 is 0 Å². The molecule has 1 aromatic carbocycles. The zero-order valence-electron chi connectivity index (χ0n) is 14.2. The van der Waals surface area contributed by atoms with Gasteiger partial charge in [0.25, 0.3) is 0 Å². The van der Waals surface area contributed by atoms with Crippen LogP contribution in [0.1, 0.15) is 25.3 Å². The van der Waals surface area contributed by atoms with E-state index in [-0.39, 0.29) is 17.8 Å². The van der Waals surface area contributed by atoms with Crippen LogP contribution < -0.4 is 11.0 Å². The van der Waals surface area contributed by atoms with Gasteiger partial charge >= 0.3 is 11.7 Å². The Morgan fingerprint density at radius 1 is 1.24 bits per heavy atom. The molecule has 1 aromatic heterocycles. The largest absolute Gasteiger partial charge is 0.381 e. The molecule has 25 heavy (non-hydrogen) atoms. The number of amides is 2. The fourth-order valence-corrected chi connectivity index (χ4v) is 3.85. The second kappa shape index (κ2) is 6.92. The molecular weight excluding hydrogens is 320 g/mol. The van der Waals surface area contributed by atoms with Gasteiger partial charge in [-0.05, 0) is 31.4 Å². The van der Waals surface area contributed by atoms with Crippen LogP contribution in [0.25, 0.3) is 11.0 Å². The molecule has 0 aliphatic carbocycles. The van der Waals surface area contributed by atoms with Gasteiger partial charge in [-0.15, -0.1) is 0 Å². The number of urea groups is 1. The Bertz CT molecular complexity index is 798. The van der Waals surface area contributed by atoms with Gasteiger partial charge in [-0.1, -0.05) is 12.1 Å². The van der Waals surface area contributed by atoms with Crippen molar-refractivity contribution < 1.29 is 9.53 Å². The highest BCUT2D eigenvalue weighted by atomic mass is 16.5. The third-order valence-corrected chi connectivity index (χ3v) is 5.31. The molecule has 2 amide bonds. The molecule has 134 valence electrons. The van der Waals surface area contributed by atoms with Crippen LogP contribution >= 0.6 is 0 Å². The van der Waals surface area contributed by atoms with E-state index in [9.17, 15) is 9.59 Å². The Labute approximate surface area is 146 Å². The monoisotopic (exact) mass is 344 g/mol. The summed E-state index contributed by atoms with van der Waals surface area (Å²) in [5, 5.41) is 3.02. The molecule has 4 rings (SSSR count). The fraction of sp³-hybridized carbons (Fsp3) is 0.556. The predicted molar refractivity (Wildman–Crippen MR) is 94.7 cm³/mol. The van der Waals surface area contributed by atoms with E-state index in [0.717, 1.165) is 43.5 Å². The number of fused-ring (bicyclic) bond motifs is 1.